The Morgan fingerprint density at radius 2 is 1.08 bits per heavy atom. The van der Waals surface area contributed by atoms with Gasteiger partial charge in [0, 0.05) is 12.8 Å². The number of allylic oxidation sites excluding steroid dienone is 6. The van der Waals surface area contributed by atoms with Gasteiger partial charge in [-0.1, -0.05) is 191 Å². The number of phosphoric ester groups is 1. The quantitative estimate of drug-likeness (QED) is 0.0149. The summed E-state index contributed by atoms with van der Waals surface area (Å²) in [5.74, 6) is -2.49. The molecular weight excluding hydrogens is 797 g/mol. The van der Waals surface area contributed by atoms with Crippen LogP contribution in [0.4, 0.5) is 0 Å². The third-order valence-electron chi connectivity index (χ3n) is 10.2. The summed E-state index contributed by atoms with van der Waals surface area (Å²) in [5.41, 5.74) is 5.34. The summed E-state index contributed by atoms with van der Waals surface area (Å²) in [7, 11) is -4.75. The average molecular weight is 884 g/mol. The largest absolute Gasteiger partial charge is 0.480 e. The lowest BCUT2D eigenvalue weighted by Crippen LogP contribution is -2.34. The first-order chi connectivity index (χ1) is 29.5. The van der Waals surface area contributed by atoms with Crippen LogP contribution < -0.4 is 5.73 Å². The molecule has 4 atom stereocenters. The van der Waals surface area contributed by atoms with Crippen molar-refractivity contribution in [3.05, 3.63) is 48.6 Å². The number of phosphoric acid groups is 1. The zero-order valence-corrected chi connectivity index (χ0v) is 39.0. The van der Waals surface area contributed by atoms with E-state index in [2.05, 4.69) is 24.4 Å². The molecule has 0 saturated heterocycles. The zero-order valence-electron chi connectivity index (χ0n) is 38.1. The molecule has 61 heavy (non-hydrogen) atoms. The van der Waals surface area contributed by atoms with Crippen LogP contribution in [0.1, 0.15) is 200 Å². The summed E-state index contributed by atoms with van der Waals surface area (Å²) in [6.07, 6.45) is 44.9. The Kier molecular flexibility index (Phi) is 40.9. The molecular formula is C48H86NO11P. The van der Waals surface area contributed by atoms with E-state index in [1.165, 1.54) is 116 Å². The average Bonchev–Trinajstić information content (AvgIpc) is 3.23. The Hall–Kier alpha value is -2.60. The van der Waals surface area contributed by atoms with Crippen LogP contribution in [-0.2, 0) is 37.5 Å². The minimum Gasteiger partial charge on any atom is -0.480 e. The summed E-state index contributed by atoms with van der Waals surface area (Å²) in [5, 5.41) is 19.0. The molecule has 0 aliphatic carbocycles. The summed E-state index contributed by atoms with van der Waals surface area (Å²) >= 11 is 0. The summed E-state index contributed by atoms with van der Waals surface area (Å²) in [6, 6.07) is -1.54. The van der Waals surface area contributed by atoms with Crippen LogP contribution in [-0.4, -0.2) is 71.1 Å². The summed E-state index contributed by atoms with van der Waals surface area (Å²) in [4.78, 5) is 46.0. The molecule has 0 heterocycles. The highest BCUT2D eigenvalue weighted by Gasteiger charge is 2.28. The maximum Gasteiger partial charge on any atom is 0.472 e. The van der Waals surface area contributed by atoms with Crippen LogP contribution in [0.3, 0.4) is 0 Å². The van der Waals surface area contributed by atoms with E-state index in [4.69, 9.17) is 24.8 Å². The topological polar surface area (TPSA) is 192 Å². The van der Waals surface area contributed by atoms with Crippen LogP contribution in [0.15, 0.2) is 48.6 Å². The Morgan fingerprint density at radius 3 is 1.66 bits per heavy atom. The first-order valence-electron chi connectivity index (χ1n) is 23.8. The van der Waals surface area contributed by atoms with Crippen molar-refractivity contribution in [3.63, 3.8) is 0 Å². The van der Waals surface area contributed by atoms with Crippen LogP contribution in [0.5, 0.6) is 0 Å². The lowest BCUT2D eigenvalue weighted by molar-refractivity contribution is -0.161. The number of aliphatic hydroxyl groups excluding tert-OH is 1. The van der Waals surface area contributed by atoms with Crippen LogP contribution in [0, 0.1) is 0 Å². The van der Waals surface area contributed by atoms with Crippen molar-refractivity contribution in [1.29, 1.82) is 0 Å². The van der Waals surface area contributed by atoms with Gasteiger partial charge >= 0.3 is 25.7 Å². The van der Waals surface area contributed by atoms with E-state index in [0.717, 1.165) is 25.7 Å². The van der Waals surface area contributed by atoms with Gasteiger partial charge in [-0.2, -0.15) is 0 Å². The van der Waals surface area contributed by atoms with Crippen molar-refractivity contribution in [2.45, 2.75) is 218 Å². The lowest BCUT2D eigenvalue weighted by atomic mass is 10.0. The smallest absolute Gasteiger partial charge is 0.472 e. The van der Waals surface area contributed by atoms with Gasteiger partial charge < -0.3 is 30.3 Å². The Balaban J connectivity index is 4.42. The van der Waals surface area contributed by atoms with E-state index in [-0.39, 0.29) is 12.8 Å². The van der Waals surface area contributed by atoms with Crippen LogP contribution in [0.2, 0.25) is 0 Å². The lowest BCUT2D eigenvalue weighted by Gasteiger charge is -2.20. The summed E-state index contributed by atoms with van der Waals surface area (Å²) < 4.78 is 32.7. The normalized spacial score (nSPS) is 14.6. The second kappa shape index (κ2) is 42.7. The molecule has 0 amide bonds. The van der Waals surface area contributed by atoms with E-state index in [1.54, 1.807) is 6.08 Å². The van der Waals surface area contributed by atoms with Crippen molar-refractivity contribution in [2.24, 2.45) is 5.73 Å². The van der Waals surface area contributed by atoms with Gasteiger partial charge in [0.15, 0.2) is 6.10 Å². The third-order valence-corrected chi connectivity index (χ3v) is 11.1. The third kappa shape index (κ3) is 42.5. The second-order valence-corrected chi connectivity index (χ2v) is 17.5. The molecule has 13 heteroatoms. The molecule has 0 fully saturated rings. The van der Waals surface area contributed by atoms with Gasteiger partial charge in [-0.05, 0) is 44.9 Å². The van der Waals surface area contributed by atoms with E-state index in [0.29, 0.717) is 32.1 Å². The number of esters is 2. The van der Waals surface area contributed by atoms with Gasteiger partial charge in [-0.25, -0.2) is 4.57 Å². The highest BCUT2D eigenvalue weighted by Crippen LogP contribution is 2.43. The van der Waals surface area contributed by atoms with Crippen LogP contribution in [0.25, 0.3) is 0 Å². The second-order valence-electron chi connectivity index (χ2n) is 16.1. The number of carboxylic acids is 1. The van der Waals surface area contributed by atoms with Crippen molar-refractivity contribution in [2.75, 3.05) is 19.8 Å². The van der Waals surface area contributed by atoms with E-state index in [9.17, 15) is 28.9 Å². The number of hydrogen-bond donors (Lipinski definition) is 4. The van der Waals surface area contributed by atoms with Gasteiger partial charge in [-0.3, -0.25) is 23.4 Å². The Bertz CT molecular complexity index is 1240. The molecule has 0 aliphatic rings. The zero-order chi connectivity index (χ0) is 45.1. The minimum absolute atomic E-state index is 0.112. The number of unbranched alkanes of at least 4 members (excludes halogenated alkanes) is 22. The molecule has 0 radical (unpaired) electrons. The van der Waals surface area contributed by atoms with Gasteiger partial charge in [0.25, 0.3) is 0 Å². The Labute approximate surface area is 369 Å². The number of hydrogen-bond acceptors (Lipinski definition) is 10. The van der Waals surface area contributed by atoms with Crippen molar-refractivity contribution < 1.29 is 52.6 Å². The maximum absolute atomic E-state index is 12.7. The van der Waals surface area contributed by atoms with E-state index < -0.39 is 63.8 Å². The molecule has 0 saturated carbocycles. The van der Waals surface area contributed by atoms with Crippen molar-refractivity contribution in [1.82, 2.24) is 0 Å². The fraction of sp³-hybridized carbons (Fsp3) is 0.771. The van der Waals surface area contributed by atoms with Crippen molar-refractivity contribution >= 4 is 25.7 Å². The number of aliphatic hydroxyl groups is 1. The first-order valence-corrected chi connectivity index (χ1v) is 25.3. The number of ether oxygens (including phenoxy) is 2. The highest BCUT2D eigenvalue weighted by atomic mass is 31.2. The van der Waals surface area contributed by atoms with Gasteiger partial charge in [0.2, 0.25) is 0 Å². The number of nitrogens with two attached hydrogens (primary N) is 1. The predicted octanol–water partition coefficient (Wildman–Crippen LogP) is 11.9. The number of carboxylic acid groups (broad SMARTS) is 1. The van der Waals surface area contributed by atoms with Gasteiger partial charge in [0.05, 0.1) is 19.3 Å². The van der Waals surface area contributed by atoms with Crippen LogP contribution >= 0.6 is 7.82 Å². The first kappa shape index (κ1) is 58.4. The van der Waals surface area contributed by atoms with Crippen molar-refractivity contribution in [3.8, 4) is 0 Å². The fourth-order valence-corrected chi connectivity index (χ4v) is 7.15. The number of carbonyl (C=O) groups excluding carboxylic acids is 2. The molecule has 0 aromatic carbocycles. The maximum atomic E-state index is 12.7. The molecule has 0 aliphatic heterocycles. The highest BCUT2D eigenvalue weighted by molar-refractivity contribution is 7.47. The fourth-order valence-electron chi connectivity index (χ4n) is 6.37. The number of carbonyl (C=O) groups is 3. The molecule has 1 unspecified atom stereocenters. The molecule has 354 valence electrons. The minimum atomic E-state index is -4.75. The molecule has 5 N–H and O–H groups in total. The molecule has 0 bridgehead atoms. The predicted molar refractivity (Wildman–Crippen MR) is 246 cm³/mol. The monoisotopic (exact) mass is 884 g/mol. The standard InChI is InChI=1S/C48H86NO11P/c1-3-5-7-9-11-12-13-14-15-16-17-18-19-20-21-22-26-31-35-39-47(52)60-44(41-58-61(55,56)59-42-45(49)48(53)54)40-57-46(51)38-34-30-27-23-25-29-33-37-43(50)36-32-28-24-10-8-6-4-2/h23-24,27-29,32-33,36,43-45,50H,3-22,25-26,30-31,34-35,37-42,49H2,1-2H3,(H,53,54)(H,55,56)/b27-23+,28-24-,33-29-,36-32-/t43-,44-,45+/m1/s1. The molecule has 12 nitrogen and oxygen atoms in total. The number of rotatable bonds is 44. The Morgan fingerprint density at radius 1 is 0.590 bits per heavy atom. The molecule has 0 rings (SSSR count). The van der Waals surface area contributed by atoms with Gasteiger partial charge in [0.1, 0.15) is 12.6 Å². The molecule has 0 aromatic rings. The molecule has 0 aromatic heterocycles. The van der Waals surface area contributed by atoms with Gasteiger partial charge in [-0.15, -0.1) is 0 Å². The SMILES string of the molecule is CCCCC/C=C\C=C/[C@@H](O)C/C=C\C/C=C/CCCC(=O)OC[C@H](COP(=O)(O)OC[C@H](N)C(=O)O)OC(=O)CCCCCCCCCCCCCCCCCCCCC. The molecule has 0 spiro atoms. The summed E-state index contributed by atoms with van der Waals surface area (Å²) in [6.45, 7) is 2.66. The van der Waals surface area contributed by atoms with E-state index >= 15 is 0 Å². The van der Waals surface area contributed by atoms with E-state index in [1.807, 2.05) is 36.5 Å². The number of aliphatic carboxylic acids is 1.